The van der Waals surface area contributed by atoms with E-state index in [0.717, 1.165) is 18.7 Å². The number of ether oxygens (including phenoxy) is 1. The van der Waals surface area contributed by atoms with Crippen LogP contribution >= 0.6 is 0 Å². The summed E-state index contributed by atoms with van der Waals surface area (Å²) in [5.41, 5.74) is 2.21. The molecule has 0 saturated heterocycles. The standard InChI is InChI=1S/C19H24FN3O2/c1-4-17-14(10-21-23(17)11-12(2)3)19(24)22-16-8-9-25-18-13(16)6-5-7-15(18)20/h5-7,10,12,16H,4,8-9,11H2,1-3H3,(H,22,24). The number of carbonyl (C=O) groups excluding carboxylic acids is 1. The fourth-order valence-corrected chi connectivity index (χ4v) is 3.25. The molecule has 1 N–H and O–H groups in total. The van der Waals surface area contributed by atoms with Crippen molar-refractivity contribution in [1.82, 2.24) is 15.1 Å². The van der Waals surface area contributed by atoms with Crippen molar-refractivity contribution in [2.45, 2.75) is 46.2 Å². The van der Waals surface area contributed by atoms with Gasteiger partial charge in [-0.2, -0.15) is 5.10 Å². The topological polar surface area (TPSA) is 56.1 Å². The van der Waals surface area contributed by atoms with Gasteiger partial charge in [0.25, 0.3) is 5.91 Å². The predicted molar refractivity (Wildman–Crippen MR) is 93.2 cm³/mol. The Hall–Kier alpha value is -2.37. The third-order valence-corrected chi connectivity index (χ3v) is 4.40. The molecule has 5 nitrogen and oxygen atoms in total. The molecular formula is C19H24FN3O2. The van der Waals surface area contributed by atoms with Gasteiger partial charge in [0.1, 0.15) is 0 Å². The van der Waals surface area contributed by atoms with Crippen LogP contribution in [0.1, 0.15) is 54.8 Å². The lowest BCUT2D eigenvalue weighted by molar-refractivity contribution is 0.0922. The molecule has 0 bridgehead atoms. The van der Waals surface area contributed by atoms with Gasteiger partial charge in [-0.1, -0.05) is 32.9 Å². The number of halogens is 1. The zero-order chi connectivity index (χ0) is 18.0. The summed E-state index contributed by atoms with van der Waals surface area (Å²) in [5, 5.41) is 7.39. The van der Waals surface area contributed by atoms with Gasteiger partial charge in [0.2, 0.25) is 0 Å². The second-order valence-corrected chi connectivity index (χ2v) is 6.76. The number of nitrogens with zero attached hydrogens (tertiary/aromatic N) is 2. The molecule has 1 aliphatic heterocycles. The molecule has 1 unspecified atom stereocenters. The van der Waals surface area contributed by atoms with Gasteiger partial charge >= 0.3 is 0 Å². The van der Waals surface area contributed by atoms with Crippen molar-refractivity contribution in [3.8, 4) is 5.75 Å². The number of para-hydroxylation sites is 1. The second kappa shape index (κ2) is 7.25. The number of hydrogen-bond donors (Lipinski definition) is 1. The summed E-state index contributed by atoms with van der Waals surface area (Å²) < 4.78 is 21.2. The molecule has 1 atom stereocenters. The van der Waals surface area contributed by atoms with Crippen molar-refractivity contribution < 1.29 is 13.9 Å². The van der Waals surface area contributed by atoms with Crippen molar-refractivity contribution >= 4 is 5.91 Å². The number of aromatic nitrogens is 2. The lowest BCUT2D eigenvalue weighted by atomic mass is 9.99. The fourth-order valence-electron chi connectivity index (χ4n) is 3.25. The molecule has 1 aromatic carbocycles. The van der Waals surface area contributed by atoms with Crippen LogP contribution in [0.2, 0.25) is 0 Å². The van der Waals surface area contributed by atoms with E-state index in [2.05, 4.69) is 24.3 Å². The monoisotopic (exact) mass is 345 g/mol. The predicted octanol–water partition coefficient (Wildman–Crippen LogP) is 3.49. The maximum Gasteiger partial charge on any atom is 0.255 e. The van der Waals surface area contributed by atoms with Crippen LogP contribution in [0.25, 0.3) is 0 Å². The van der Waals surface area contributed by atoms with E-state index in [-0.39, 0.29) is 17.7 Å². The highest BCUT2D eigenvalue weighted by atomic mass is 19.1. The molecule has 2 aromatic rings. The van der Waals surface area contributed by atoms with Crippen LogP contribution in [0.4, 0.5) is 4.39 Å². The van der Waals surface area contributed by atoms with Crippen LogP contribution in [-0.2, 0) is 13.0 Å². The van der Waals surface area contributed by atoms with E-state index in [1.807, 2.05) is 11.6 Å². The van der Waals surface area contributed by atoms with E-state index in [0.29, 0.717) is 30.1 Å². The summed E-state index contributed by atoms with van der Waals surface area (Å²) in [6, 6.07) is 4.55. The summed E-state index contributed by atoms with van der Waals surface area (Å²) in [6.45, 7) is 7.42. The van der Waals surface area contributed by atoms with E-state index in [4.69, 9.17) is 4.74 Å². The van der Waals surface area contributed by atoms with Gasteiger partial charge < -0.3 is 10.1 Å². The van der Waals surface area contributed by atoms with Crippen LogP contribution < -0.4 is 10.1 Å². The van der Waals surface area contributed by atoms with Crippen LogP contribution in [0.15, 0.2) is 24.4 Å². The van der Waals surface area contributed by atoms with E-state index >= 15 is 0 Å². The molecule has 0 spiro atoms. The third kappa shape index (κ3) is 3.52. The van der Waals surface area contributed by atoms with Crippen molar-refractivity contribution in [3.05, 3.63) is 47.0 Å². The molecule has 0 fully saturated rings. The average molecular weight is 345 g/mol. The lowest BCUT2D eigenvalue weighted by Gasteiger charge is -2.27. The Morgan fingerprint density at radius 1 is 1.48 bits per heavy atom. The first-order chi connectivity index (χ1) is 12.0. The number of fused-ring (bicyclic) bond motifs is 1. The molecule has 0 radical (unpaired) electrons. The highest BCUT2D eigenvalue weighted by Crippen LogP contribution is 2.34. The van der Waals surface area contributed by atoms with E-state index in [9.17, 15) is 9.18 Å². The van der Waals surface area contributed by atoms with E-state index in [1.54, 1.807) is 18.3 Å². The van der Waals surface area contributed by atoms with Gasteiger partial charge in [-0.3, -0.25) is 9.48 Å². The molecule has 0 saturated carbocycles. The summed E-state index contributed by atoms with van der Waals surface area (Å²) in [5.74, 6) is 0.126. The Labute approximate surface area is 147 Å². The molecule has 1 aromatic heterocycles. The quantitative estimate of drug-likeness (QED) is 0.902. The average Bonchev–Trinajstić information content (AvgIpc) is 2.97. The molecule has 25 heavy (non-hydrogen) atoms. The van der Waals surface area contributed by atoms with Crippen LogP contribution in [-0.4, -0.2) is 22.3 Å². The molecule has 2 heterocycles. The third-order valence-electron chi connectivity index (χ3n) is 4.40. The SMILES string of the molecule is CCc1c(C(=O)NC2CCOc3c(F)cccc32)cnn1CC(C)C. The molecule has 1 aliphatic rings. The summed E-state index contributed by atoms with van der Waals surface area (Å²) in [4.78, 5) is 12.8. The van der Waals surface area contributed by atoms with Gasteiger partial charge in [0, 0.05) is 18.5 Å². The van der Waals surface area contributed by atoms with Crippen molar-refractivity contribution in [2.75, 3.05) is 6.61 Å². The lowest BCUT2D eigenvalue weighted by Crippen LogP contribution is -2.32. The molecule has 0 aliphatic carbocycles. The molecule has 134 valence electrons. The van der Waals surface area contributed by atoms with Gasteiger partial charge in [-0.15, -0.1) is 0 Å². The van der Waals surface area contributed by atoms with Crippen LogP contribution in [0, 0.1) is 11.7 Å². The second-order valence-electron chi connectivity index (χ2n) is 6.76. The summed E-state index contributed by atoms with van der Waals surface area (Å²) in [6.07, 6.45) is 2.97. The largest absolute Gasteiger partial charge is 0.490 e. The normalized spacial score (nSPS) is 16.4. The number of benzene rings is 1. The highest BCUT2D eigenvalue weighted by molar-refractivity contribution is 5.95. The fraction of sp³-hybridized carbons (Fsp3) is 0.474. The Kier molecular flexibility index (Phi) is 5.06. The maximum atomic E-state index is 13.9. The van der Waals surface area contributed by atoms with Crippen molar-refractivity contribution in [2.24, 2.45) is 5.92 Å². The zero-order valence-corrected chi connectivity index (χ0v) is 14.9. The van der Waals surface area contributed by atoms with Gasteiger partial charge in [0.15, 0.2) is 11.6 Å². The molecule has 3 rings (SSSR count). The number of amides is 1. The number of nitrogens with one attached hydrogen (secondary N) is 1. The van der Waals surface area contributed by atoms with Crippen molar-refractivity contribution in [3.63, 3.8) is 0 Å². The molecule has 6 heteroatoms. The molecule has 1 amide bonds. The number of hydrogen-bond acceptors (Lipinski definition) is 3. The van der Waals surface area contributed by atoms with Crippen molar-refractivity contribution in [1.29, 1.82) is 0 Å². The molecular weight excluding hydrogens is 321 g/mol. The smallest absolute Gasteiger partial charge is 0.255 e. The van der Waals surface area contributed by atoms with Gasteiger partial charge in [0.05, 0.1) is 30.1 Å². The Morgan fingerprint density at radius 2 is 2.28 bits per heavy atom. The van der Waals surface area contributed by atoms with E-state index < -0.39 is 5.82 Å². The first kappa shape index (κ1) is 17.5. The van der Waals surface area contributed by atoms with Crippen LogP contribution in [0.5, 0.6) is 5.75 Å². The Balaban J connectivity index is 1.82. The number of rotatable bonds is 5. The Bertz CT molecular complexity index is 770. The minimum atomic E-state index is -0.393. The highest BCUT2D eigenvalue weighted by Gasteiger charge is 2.27. The first-order valence-corrected chi connectivity index (χ1v) is 8.78. The van der Waals surface area contributed by atoms with Crippen LogP contribution in [0.3, 0.4) is 0 Å². The van der Waals surface area contributed by atoms with Gasteiger partial charge in [-0.25, -0.2) is 4.39 Å². The summed E-state index contributed by atoms with van der Waals surface area (Å²) in [7, 11) is 0. The number of carbonyl (C=O) groups is 1. The first-order valence-electron chi connectivity index (χ1n) is 8.78. The zero-order valence-electron chi connectivity index (χ0n) is 14.9. The Morgan fingerprint density at radius 3 is 3.00 bits per heavy atom. The minimum Gasteiger partial charge on any atom is -0.490 e. The minimum absolute atomic E-state index is 0.172. The van der Waals surface area contributed by atoms with Gasteiger partial charge in [-0.05, 0) is 18.4 Å². The maximum absolute atomic E-state index is 13.9. The van der Waals surface area contributed by atoms with E-state index in [1.165, 1.54) is 6.07 Å². The summed E-state index contributed by atoms with van der Waals surface area (Å²) >= 11 is 0.